The lowest BCUT2D eigenvalue weighted by molar-refractivity contribution is 0.117. The highest BCUT2D eigenvalue weighted by Crippen LogP contribution is 2.20. The topological polar surface area (TPSA) is 83.2 Å². The van der Waals surface area contributed by atoms with Crippen LogP contribution in [0.2, 0.25) is 0 Å². The van der Waals surface area contributed by atoms with Gasteiger partial charge in [0.15, 0.2) is 0 Å². The van der Waals surface area contributed by atoms with Gasteiger partial charge in [0.1, 0.15) is 0 Å². The largest absolute Gasteiger partial charge is 0.377 e. The minimum absolute atomic E-state index is 0.0697. The number of H-pyrrole nitrogens is 1. The Bertz CT molecular complexity index is 565. The van der Waals surface area contributed by atoms with E-state index in [1.165, 1.54) is 12.8 Å². The maximum absolute atomic E-state index is 12.3. The molecule has 1 aromatic heterocycles. The monoisotopic (exact) mass is 299 g/mol. The molecule has 0 aromatic carbocycles. The van der Waals surface area contributed by atoms with Crippen molar-refractivity contribution in [3.8, 4) is 0 Å². The average Bonchev–Trinajstić information content (AvgIpc) is 2.95. The van der Waals surface area contributed by atoms with Crippen LogP contribution in [-0.2, 0) is 21.3 Å². The lowest BCUT2D eigenvalue weighted by Crippen LogP contribution is -2.38. The van der Waals surface area contributed by atoms with Crippen LogP contribution in [-0.4, -0.2) is 38.2 Å². The van der Waals surface area contributed by atoms with E-state index in [-0.39, 0.29) is 12.1 Å². The van der Waals surface area contributed by atoms with E-state index in [0.29, 0.717) is 24.1 Å². The van der Waals surface area contributed by atoms with Crippen LogP contribution in [0.3, 0.4) is 0 Å². The summed E-state index contributed by atoms with van der Waals surface area (Å²) in [6.45, 7) is 3.18. The number of aromatic nitrogens is 1. The smallest absolute Gasteiger partial charge is 0.242 e. The van der Waals surface area contributed by atoms with Crippen molar-refractivity contribution in [2.75, 3.05) is 6.61 Å². The fraction of sp³-hybridized carbons (Fsp3) is 0.692. The molecule has 0 amide bonds. The zero-order valence-corrected chi connectivity index (χ0v) is 12.4. The summed E-state index contributed by atoms with van der Waals surface area (Å²) >= 11 is 0. The number of hydrogen-bond donors (Lipinski definition) is 3. The lowest BCUT2D eigenvalue weighted by atomic mass is 10.2. The van der Waals surface area contributed by atoms with E-state index in [9.17, 15) is 8.42 Å². The third-order valence-corrected chi connectivity index (χ3v) is 5.34. The maximum atomic E-state index is 12.3. The van der Waals surface area contributed by atoms with Gasteiger partial charge in [-0.2, -0.15) is 0 Å². The Hall–Kier alpha value is -0.890. The van der Waals surface area contributed by atoms with Crippen molar-refractivity contribution in [2.45, 2.75) is 55.8 Å². The van der Waals surface area contributed by atoms with Gasteiger partial charge in [-0.1, -0.05) is 0 Å². The normalized spacial score (nSPS) is 27.1. The Kier molecular flexibility index (Phi) is 3.85. The van der Waals surface area contributed by atoms with E-state index in [1.54, 1.807) is 12.3 Å². The van der Waals surface area contributed by atoms with Crippen LogP contribution < -0.4 is 10.0 Å². The average molecular weight is 299 g/mol. The highest BCUT2D eigenvalue weighted by Gasteiger charge is 2.29. The third-order valence-electron chi connectivity index (χ3n) is 3.87. The molecule has 2 heterocycles. The number of ether oxygens (including phenoxy) is 1. The summed E-state index contributed by atoms with van der Waals surface area (Å²) in [6, 6.07) is 2.16. The maximum Gasteiger partial charge on any atom is 0.242 e. The molecule has 112 valence electrons. The molecule has 1 saturated carbocycles. The standard InChI is InChI=1S/C13H21N3O3S/c1-9-13(4-5-19-9)16-20(17,18)12-6-11(15-8-12)7-14-10-2-3-10/h6,8-10,13-16H,2-5,7H2,1H3. The van der Waals surface area contributed by atoms with E-state index in [0.717, 1.165) is 12.1 Å². The quantitative estimate of drug-likeness (QED) is 0.723. The van der Waals surface area contributed by atoms with Gasteiger partial charge < -0.3 is 15.0 Å². The Balaban J connectivity index is 1.63. The van der Waals surface area contributed by atoms with Crippen LogP contribution in [0.1, 0.15) is 31.9 Å². The molecule has 3 N–H and O–H groups in total. The van der Waals surface area contributed by atoms with Crippen molar-refractivity contribution in [3.05, 3.63) is 18.0 Å². The number of aromatic amines is 1. The second-order valence-corrected chi connectivity index (χ2v) is 7.32. The summed E-state index contributed by atoms with van der Waals surface area (Å²) in [4.78, 5) is 3.31. The molecule has 0 spiro atoms. The first-order chi connectivity index (χ1) is 9.54. The predicted molar refractivity (Wildman–Crippen MR) is 74.8 cm³/mol. The van der Waals surface area contributed by atoms with Crippen LogP contribution in [0.15, 0.2) is 17.2 Å². The molecule has 2 aliphatic rings. The van der Waals surface area contributed by atoms with Gasteiger partial charge in [0.25, 0.3) is 0 Å². The molecule has 2 atom stereocenters. The van der Waals surface area contributed by atoms with Crippen LogP contribution >= 0.6 is 0 Å². The molecule has 1 aliphatic heterocycles. The number of hydrogen-bond acceptors (Lipinski definition) is 4. The van der Waals surface area contributed by atoms with Crippen molar-refractivity contribution in [1.82, 2.24) is 15.0 Å². The first kappa shape index (κ1) is 14.1. The van der Waals surface area contributed by atoms with Gasteiger partial charge >= 0.3 is 0 Å². The van der Waals surface area contributed by atoms with Gasteiger partial charge in [0, 0.05) is 31.1 Å². The minimum atomic E-state index is -3.47. The van der Waals surface area contributed by atoms with Crippen LogP contribution in [0.4, 0.5) is 0 Å². The zero-order valence-electron chi connectivity index (χ0n) is 11.6. The summed E-state index contributed by atoms with van der Waals surface area (Å²) < 4.78 is 32.7. The second kappa shape index (κ2) is 5.48. The Labute approximate surface area is 119 Å². The fourth-order valence-electron chi connectivity index (χ4n) is 2.37. The number of rotatable bonds is 6. The molecule has 0 bridgehead atoms. The molecular formula is C13H21N3O3S. The van der Waals surface area contributed by atoms with Crippen LogP contribution in [0.25, 0.3) is 0 Å². The summed E-state index contributed by atoms with van der Waals surface area (Å²) in [7, 11) is -3.47. The van der Waals surface area contributed by atoms with Gasteiger partial charge in [-0.3, -0.25) is 0 Å². The minimum Gasteiger partial charge on any atom is -0.377 e. The van der Waals surface area contributed by atoms with E-state index in [2.05, 4.69) is 15.0 Å². The van der Waals surface area contributed by atoms with Crippen LogP contribution in [0.5, 0.6) is 0 Å². The van der Waals surface area contributed by atoms with Crippen molar-refractivity contribution in [2.24, 2.45) is 0 Å². The van der Waals surface area contributed by atoms with Crippen molar-refractivity contribution < 1.29 is 13.2 Å². The molecule has 1 aromatic rings. The summed E-state index contributed by atoms with van der Waals surface area (Å²) in [5, 5.41) is 3.35. The molecule has 7 heteroatoms. The molecule has 0 radical (unpaired) electrons. The highest BCUT2D eigenvalue weighted by atomic mass is 32.2. The number of sulfonamides is 1. The van der Waals surface area contributed by atoms with Crippen molar-refractivity contribution in [3.63, 3.8) is 0 Å². The molecule has 2 unspecified atom stereocenters. The Morgan fingerprint density at radius 2 is 2.20 bits per heavy atom. The first-order valence-electron chi connectivity index (χ1n) is 7.09. The van der Waals surface area contributed by atoms with Gasteiger partial charge in [-0.25, -0.2) is 13.1 Å². The molecule has 1 aliphatic carbocycles. The summed E-state index contributed by atoms with van der Waals surface area (Å²) in [6.07, 6.45) is 4.63. The molecule has 2 fully saturated rings. The summed E-state index contributed by atoms with van der Waals surface area (Å²) in [5.41, 5.74) is 0.896. The first-order valence-corrected chi connectivity index (χ1v) is 8.57. The second-order valence-electron chi connectivity index (χ2n) is 5.61. The fourth-order valence-corrected chi connectivity index (χ4v) is 3.73. The van der Waals surface area contributed by atoms with E-state index < -0.39 is 10.0 Å². The third kappa shape index (κ3) is 3.22. The van der Waals surface area contributed by atoms with Gasteiger partial charge in [0.2, 0.25) is 10.0 Å². The van der Waals surface area contributed by atoms with Crippen molar-refractivity contribution >= 4 is 10.0 Å². The van der Waals surface area contributed by atoms with Gasteiger partial charge in [-0.05, 0) is 32.3 Å². The van der Waals surface area contributed by atoms with Crippen molar-refractivity contribution in [1.29, 1.82) is 0 Å². The SMILES string of the molecule is CC1OCCC1NS(=O)(=O)c1c[nH]c(CNC2CC2)c1. The lowest BCUT2D eigenvalue weighted by Gasteiger charge is -2.15. The Morgan fingerprint density at radius 3 is 2.85 bits per heavy atom. The molecule has 3 rings (SSSR count). The zero-order chi connectivity index (χ0) is 14.2. The van der Waals surface area contributed by atoms with Gasteiger partial charge in [-0.15, -0.1) is 0 Å². The molecule has 20 heavy (non-hydrogen) atoms. The molecule has 6 nitrogen and oxygen atoms in total. The summed E-state index contributed by atoms with van der Waals surface area (Å²) in [5.74, 6) is 0. The molecular weight excluding hydrogens is 278 g/mol. The molecule has 1 saturated heterocycles. The highest BCUT2D eigenvalue weighted by molar-refractivity contribution is 7.89. The van der Waals surface area contributed by atoms with Crippen LogP contribution in [0, 0.1) is 0 Å². The Morgan fingerprint density at radius 1 is 1.40 bits per heavy atom. The van der Waals surface area contributed by atoms with E-state index in [4.69, 9.17) is 4.74 Å². The van der Waals surface area contributed by atoms with E-state index >= 15 is 0 Å². The predicted octanol–water partition coefficient (Wildman–Crippen LogP) is 0.722. The number of nitrogens with one attached hydrogen (secondary N) is 3. The van der Waals surface area contributed by atoms with E-state index in [1.807, 2.05) is 6.92 Å². The van der Waals surface area contributed by atoms with Gasteiger partial charge in [0.05, 0.1) is 17.0 Å².